The van der Waals surface area contributed by atoms with E-state index in [0.717, 1.165) is 0 Å². The van der Waals surface area contributed by atoms with E-state index in [-0.39, 0.29) is 16.9 Å². The van der Waals surface area contributed by atoms with Crippen molar-refractivity contribution >= 4 is 11.0 Å². The van der Waals surface area contributed by atoms with Crippen LogP contribution in [0, 0.1) is 0 Å². The Morgan fingerprint density at radius 2 is 1.81 bits per heavy atom. The Kier molecular flexibility index (Phi) is 7.22. The molecule has 3 rings (SSSR count). The van der Waals surface area contributed by atoms with Gasteiger partial charge in [-0.05, 0) is 26.0 Å². The maximum atomic E-state index is 11.5. The molecule has 11 heteroatoms. The van der Waals surface area contributed by atoms with Crippen molar-refractivity contribution in [3.8, 4) is 5.75 Å². The second kappa shape index (κ2) is 9.41. The van der Waals surface area contributed by atoms with Gasteiger partial charge in [0.1, 0.15) is 48.0 Å². The molecular weight excluding hydrogens is 428 g/mol. The van der Waals surface area contributed by atoms with E-state index < -0.39 is 60.7 Å². The summed E-state index contributed by atoms with van der Waals surface area (Å²) in [5, 5.41) is 61.7. The quantitative estimate of drug-likeness (QED) is 0.275. The predicted molar refractivity (Wildman–Crippen MR) is 109 cm³/mol. The van der Waals surface area contributed by atoms with Crippen molar-refractivity contribution in [3.63, 3.8) is 0 Å². The van der Waals surface area contributed by atoms with Crippen LogP contribution in [0.1, 0.15) is 25.5 Å². The van der Waals surface area contributed by atoms with Crippen LogP contribution in [-0.4, -0.2) is 86.8 Å². The van der Waals surface area contributed by atoms with Gasteiger partial charge in [-0.2, -0.15) is 0 Å². The highest BCUT2D eigenvalue weighted by molar-refractivity contribution is 5.79. The van der Waals surface area contributed by atoms with E-state index in [2.05, 4.69) is 0 Å². The lowest BCUT2D eigenvalue weighted by molar-refractivity contribution is -0.322. The maximum Gasteiger partial charge on any atom is 0.336 e. The van der Waals surface area contributed by atoms with Crippen LogP contribution in [0.2, 0.25) is 0 Å². The van der Waals surface area contributed by atoms with E-state index >= 15 is 0 Å². The Hall–Kier alpha value is -2.09. The number of ether oxygens (including phenoxy) is 3. The molecule has 2 aromatic rings. The van der Waals surface area contributed by atoms with E-state index in [1.54, 1.807) is 0 Å². The Labute approximate surface area is 183 Å². The van der Waals surface area contributed by atoms with Crippen LogP contribution in [0.3, 0.4) is 0 Å². The fraction of sp³-hybridized carbons (Fsp3) is 0.571. The highest BCUT2D eigenvalue weighted by Gasteiger charge is 2.47. The van der Waals surface area contributed by atoms with Crippen LogP contribution in [0.15, 0.2) is 33.5 Å². The molecule has 1 aliphatic rings. The average Bonchev–Trinajstić information content (AvgIpc) is 2.75. The molecule has 7 unspecified atom stereocenters. The molecule has 0 saturated carbocycles. The highest BCUT2D eigenvalue weighted by atomic mass is 16.7. The van der Waals surface area contributed by atoms with Gasteiger partial charge in [0.25, 0.3) is 0 Å². The first-order chi connectivity index (χ1) is 15.0. The summed E-state index contributed by atoms with van der Waals surface area (Å²) >= 11 is 0. The third-order valence-corrected chi connectivity index (χ3v) is 5.42. The van der Waals surface area contributed by atoms with Crippen molar-refractivity contribution in [2.75, 3.05) is 13.7 Å². The van der Waals surface area contributed by atoms with E-state index in [1.165, 1.54) is 45.2 Å². The molecule has 7 atom stereocenters. The minimum atomic E-state index is -1.73. The fourth-order valence-corrected chi connectivity index (χ4v) is 3.53. The minimum Gasteiger partial charge on any atom is -0.496 e. The van der Waals surface area contributed by atoms with Crippen LogP contribution in [0.4, 0.5) is 0 Å². The standard InChI is InChI=1S/C21H28O11/c1-21(2,28)19(27)18(32-20-17(26)16(25)15(24)13(8-22)31-20)10-6-9-4-5-14(23)30-11(9)7-12(10)29-3/h4-7,13,15-20,22,24-28H,8H2,1-3H3. The van der Waals surface area contributed by atoms with E-state index in [9.17, 15) is 35.4 Å². The fourth-order valence-electron chi connectivity index (χ4n) is 3.53. The molecule has 0 bridgehead atoms. The average molecular weight is 456 g/mol. The van der Waals surface area contributed by atoms with E-state index in [4.69, 9.17) is 18.6 Å². The maximum absolute atomic E-state index is 11.5. The first-order valence-corrected chi connectivity index (χ1v) is 9.96. The second-order valence-corrected chi connectivity index (χ2v) is 8.24. The van der Waals surface area contributed by atoms with Crippen molar-refractivity contribution in [2.24, 2.45) is 0 Å². The molecule has 1 aliphatic heterocycles. The molecule has 1 aromatic heterocycles. The molecule has 32 heavy (non-hydrogen) atoms. The smallest absolute Gasteiger partial charge is 0.336 e. The first-order valence-electron chi connectivity index (χ1n) is 9.96. The van der Waals surface area contributed by atoms with Gasteiger partial charge in [0.05, 0.1) is 19.3 Å². The summed E-state index contributed by atoms with van der Waals surface area (Å²) in [6.07, 6.45) is -10.8. The molecule has 6 N–H and O–H groups in total. The normalized spacial score (nSPS) is 28.5. The third kappa shape index (κ3) is 4.80. The van der Waals surface area contributed by atoms with Crippen LogP contribution >= 0.6 is 0 Å². The molecule has 0 aliphatic carbocycles. The SMILES string of the molecule is COc1cc2oc(=O)ccc2cc1C(OC1OC(CO)C(O)C(O)C1O)C(O)C(C)(C)O. The summed E-state index contributed by atoms with van der Waals surface area (Å²) in [5.74, 6) is 0.143. The molecule has 2 heterocycles. The monoisotopic (exact) mass is 456 g/mol. The van der Waals surface area contributed by atoms with E-state index in [1.807, 2.05) is 0 Å². The largest absolute Gasteiger partial charge is 0.496 e. The molecule has 0 spiro atoms. The molecular formula is C21H28O11. The van der Waals surface area contributed by atoms with Gasteiger partial charge in [0.15, 0.2) is 6.29 Å². The first kappa shape index (κ1) is 24.6. The predicted octanol–water partition coefficient (Wildman–Crippen LogP) is -1.21. The number of rotatable bonds is 7. The summed E-state index contributed by atoms with van der Waals surface area (Å²) < 4.78 is 21.7. The summed E-state index contributed by atoms with van der Waals surface area (Å²) in [6.45, 7) is 2.02. The van der Waals surface area contributed by atoms with Crippen molar-refractivity contribution in [1.29, 1.82) is 0 Å². The van der Waals surface area contributed by atoms with Gasteiger partial charge in [-0.25, -0.2) is 4.79 Å². The topological polar surface area (TPSA) is 179 Å². The van der Waals surface area contributed by atoms with Gasteiger partial charge in [-0.1, -0.05) is 0 Å². The molecule has 178 valence electrons. The number of fused-ring (bicyclic) bond motifs is 1. The Bertz CT molecular complexity index is 980. The Morgan fingerprint density at radius 1 is 1.12 bits per heavy atom. The highest BCUT2D eigenvalue weighted by Crippen LogP contribution is 2.38. The lowest BCUT2D eigenvalue weighted by atomic mass is 9.91. The van der Waals surface area contributed by atoms with Crippen LogP contribution < -0.4 is 10.4 Å². The number of hydrogen-bond donors (Lipinski definition) is 6. The van der Waals surface area contributed by atoms with Gasteiger partial charge < -0.3 is 49.3 Å². The van der Waals surface area contributed by atoms with Crippen LogP contribution in [0.5, 0.6) is 5.75 Å². The minimum absolute atomic E-state index is 0.143. The van der Waals surface area contributed by atoms with Crippen LogP contribution in [0.25, 0.3) is 11.0 Å². The lowest BCUT2D eigenvalue weighted by Gasteiger charge is -2.42. The van der Waals surface area contributed by atoms with Crippen molar-refractivity contribution < 1.29 is 49.3 Å². The zero-order chi connectivity index (χ0) is 23.8. The molecule has 0 radical (unpaired) electrons. The molecule has 1 saturated heterocycles. The zero-order valence-corrected chi connectivity index (χ0v) is 17.8. The number of methoxy groups -OCH3 is 1. The Morgan fingerprint density at radius 3 is 2.41 bits per heavy atom. The zero-order valence-electron chi connectivity index (χ0n) is 17.8. The van der Waals surface area contributed by atoms with Crippen molar-refractivity contribution in [1.82, 2.24) is 0 Å². The van der Waals surface area contributed by atoms with Gasteiger partial charge in [0.2, 0.25) is 0 Å². The number of aliphatic hydroxyl groups excluding tert-OH is 5. The van der Waals surface area contributed by atoms with Crippen molar-refractivity contribution in [3.05, 3.63) is 40.2 Å². The molecule has 1 aromatic carbocycles. The summed E-state index contributed by atoms with van der Waals surface area (Å²) in [7, 11) is 1.34. The number of hydrogen-bond acceptors (Lipinski definition) is 11. The molecule has 1 fully saturated rings. The summed E-state index contributed by atoms with van der Waals surface area (Å²) in [5.41, 5.74) is -1.83. The summed E-state index contributed by atoms with van der Waals surface area (Å²) in [4.78, 5) is 11.5. The molecule has 0 amide bonds. The Balaban J connectivity index is 2.07. The van der Waals surface area contributed by atoms with Gasteiger partial charge in [0, 0.05) is 23.1 Å². The van der Waals surface area contributed by atoms with E-state index in [0.29, 0.717) is 5.39 Å². The lowest BCUT2D eigenvalue weighted by Crippen LogP contribution is -2.60. The second-order valence-electron chi connectivity index (χ2n) is 8.24. The van der Waals surface area contributed by atoms with Gasteiger partial charge >= 0.3 is 5.63 Å². The van der Waals surface area contributed by atoms with Gasteiger partial charge in [-0.3, -0.25) is 0 Å². The van der Waals surface area contributed by atoms with Crippen molar-refractivity contribution in [2.45, 2.75) is 62.4 Å². The number of benzene rings is 1. The number of aliphatic hydroxyl groups is 6. The summed E-state index contributed by atoms with van der Waals surface area (Å²) in [6, 6.07) is 5.62. The van der Waals surface area contributed by atoms with Gasteiger partial charge in [-0.15, -0.1) is 0 Å². The van der Waals surface area contributed by atoms with Crippen LogP contribution in [-0.2, 0) is 9.47 Å². The third-order valence-electron chi connectivity index (χ3n) is 5.42. The molecule has 11 nitrogen and oxygen atoms in total.